The van der Waals surface area contributed by atoms with Crippen molar-refractivity contribution in [2.45, 2.75) is 32.7 Å². The Morgan fingerprint density at radius 3 is 2.24 bits per heavy atom. The highest BCUT2D eigenvalue weighted by Crippen LogP contribution is 2.30. The lowest BCUT2D eigenvalue weighted by atomic mass is 9.95. The second-order valence-corrected chi connectivity index (χ2v) is 6.32. The smallest absolute Gasteiger partial charge is 0.228 e. The fourth-order valence-corrected chi connectivity index (χ4v) is 2.75. The number of nitrogens with zero attached hydrogens (tertiary/aromatic N) is 1. The summed E-state index contributed by atoms with van der Waals surface area (Å²) >= 11 is 0. The minimum Gasteiger partial charge on any atom is -0.370 e. The molecule has 1 fully saturated rings. The SMILES string of the molecule is CC(N)C(C)C(=O)Nc1ccccc1N1CCC(C(N)=O)CC1.Cl.Cl. The fourth-order valence-electron chi connectivity index (χ4n) is 2.75. The van der Waals surface area contributed by atoms with Gasteiger partial charge in [0.25, 0.3) is 0 Å². The first-order valence-electron chi connectivity index (χ1n) is 8.10. The molecule has 1 aliphatic rings. The molecule has 0 bridgehead atoms. The van der Waals surface area contributed by atoms with Crippen LogP contribution >= 0.6 is 24.8 Å². The second-order valence-electron chi connectivity index (χ2n) is 6.32. The van der Waals surface area contributed by atoms with Crippen molar-refractivity contribution in [2.75, 3.05) is 23.3 Å². The molecule has 142 valence electrons. The van der Waals surface area contributed by atoms with Gasteiger partial charge in [-0.3, -0.25) is 9.59 Å². The summed E-state index contributed by atoms with van der Waals surface area (Å²) in [5, 5.41) is 2.97. The normalized spacial score (nSPS) is 16.8. The number of rotatable bonds is 5. The number of hydrogen-bond acceptors (Lipinski definition) is 4. The van der Waals surface area contributed by atoms with Gasteiger partial charge in [0.15, 0.2) is 0 Å². The van der Waals surface area contributed by atoms with E-state index in [1.165, 1.54) is 0 Å². The number of piperidine rings is 1. The van der Waals surface area contributed by atoms with E-state index in [-0.39, 0.29) is 54.5 Å². The van der Waals surface area contributed by atoms with E-state index >= 15 is 0 Å². The third-order valence-electron chi connectivity index (χ3n) is 4.60. The first kappa shape index (κ1) is 23.5. The van der Waals surface area contributed by atoms with Crippen LogP contribution in [0.1, 0.15) is 26.7 Å². The predicted molar refractivity (Wildman–Crippen MR) is 107 cm³/mol. The number of hydrogen-bond donors (Lipinski definition) is 3. The van der Waals surface area contributed by atoms with E-state index in [4.69, 9.17) is 11.5 Å². The molecule has 0 spiro atoms. The first-order valence-corrected chi connectivity index (χ1v) is 8.10. The first-order chi connectivity index (χ1) is 10.9. The molecule has 5 N–H and O–H groups in total. The lowest BCUT2D eigenvalue weighted by Crippen LogP contribution is -2.39. The van der Waals surface area contributed by atoms with Crippen molar-refractivity contribution in [2.24, 2.45) is 23.3 Å². The monoisotopic (exact) mass is 390 g/mol. The molecule has 6 nitrogen and oxygen atoms in total. The number of nitrogens with two attached hydrogens (primary N) is 2. The summed E-state index contributed by atoms with van der Waals surface area (Å²) in [5.41, 5.74) is 12.9. The Hall–Kier alpha value is -1.50. The molecule has 2 rings (SSSR count). The van der Waals surface area contributed by atoms with Gasteiger partial charge in [-0.15, -0.1) is 24.8 Å². The molecule has 1 heterocycles. The third kappa shape index (κ3) is 6.06. The van der Waals surface area contributed by atoms with Crippen LogP contribution in [0.5, 0.6) is 0 Å². The molecule has 0 aromatic heterocycles. The molecule has 2 unspecified atom stereocenters. The number of primary amides is 1. The lowest BCUT2D eigenvalue weighted by Gasteiger charge is -2.33. The molecule has 25 heavy (non-hydrogen) atoms. The summed E-state index contributed by atoms with van der Waals surface area (Å²) in [6.07, 6.45) is 1.49. The highest BCUT2D eigenvalue weighted by molar-refractivity contribution is 5.96. The zero-order valence-corrected chi connectivity index (χ0v) is 16.2. The van der Waals surface area contributed by atoms with Gasteiger partial charge < -0.3 is 21.7 Å². The predicted octanol–water partition coefficient (Wildman–Crippen LogP) is 2.15. The van der Waals surface area contributed by atoms with Crippen molar-refractivity contribution in [3.63, 3.8) is 0 Å². The van der Waals surface area contributed by atoms with Crippen LogP contribution in [0.25, 0.3) is 0 Å². The number of halogens is 2. The lowest BCUT2D eigenvalue weighted by molar-refractivity contribution is -0.122. The largest absolute Gasteiger partial charge is 0.370 e. The third-order valence-corrected chi connectivity index (χ3v) is 4.60. The van der Waals surface area contributed by atoms with Crippen molar-refractivity contribution in [3.05, 3.63) is 24.3 Å². The van der Waals surface area contributed by atoms with Crippen LogP contribution in [0, 0.1) is 11.8 Å². The van der Waals surface area contributed by atoms with E-state index in [0.717, 1.165) is 37.3 Å². The van der Waals surface area contributed by atoms with Crippen LogP contribution in [-0.4, -0.2) is 30.9 Å². The van der Waals surface area contributed by atoms with Gasteiger partial charge in [-0.1, -0.05) is 19.1 Å². The van der Waals surface area contributed by atoms with Crippen molar-refractivity contribution in [3.8, 4) is 0 Å². The zero-order chi connectivity index (χ0) is 17.0. The van der Waals surface area contributed by atoms with Crippen LogP contribution in [0.3, 0.4) is 0 Å². The molecule has 1 aromatic carbocycles. The summed E-state index contributed by atoms with van der Waals surface area (Å²) in [6, 6.07) is 7.51. The Kier molecular flexibility index (Phi) is 9.85. The Bertz CT molecular complexity index is 576. The van der Waals surface area contributed by atoms with E-state index < -0.39 is 0 Å². The number of benzene rings is 1. The number of carbonyl (C=O) groups is 2. The molecule has 1 saturated heterocycles. The summed E-state index contributed by atoms with van der Waals surface area (Å²) < 4.78 is 0. The molecule has 1 aromatic rings. The van der Waals surface area contributed by atoms with Gasteiger partial charge in [-0.25, -0.2) is 0 Å². The topological polar surface area (TPSA) is 101 Å². The van der Waals surface area contributed by atoms with Crippen LogP contribution in [0.2, 0.25) is 0 Å². The van der Waals surface area contributed by atoms with Crippen molar-refractivity contribution in [1.82, 2.24) is 0 Å². The molecule has 8 heteroatoms. The van der Waals surface area contributed by atoms with Crippen LogP contribution in [0.4, 0.5) is 11.4 Å². The van der Waals surface area contributed by atoms with Crippen molar-refractivity contribution in [1.29, 1.82) is 0 Å². The molecule has 0 saturated carbocycles. The highest BCUT2D eigenvalue weighted by atomic mass is 35.5. The molecule has 0 aliphatic carbocycles. The Morgan fingerprint density at radius 2 is 1.72 bits per heavy atom. The number of amides is 2. The maximum atomic E-state index is 12.3. The number of anilines is 2. The maximum absolute atomic E-state index is 12.3. The van der Waals surface area contributed by atoms with Gasteiger partial charge in [0.2, 0.25) is 11.8 Å². The Labute approximate surface area is 161 Å². The highest BCUT2D eigenvalue weighted by Gasteiger charge is 2.25. The second kappa shape index (κ2) is 10.5. The number of nitrogens with one attached hydrogen (secondary N) is 1. The molecule has 0 radical (unpaired) electrons. The maximum Gasteiger partial charge on any atom is 0.228 e. The van der Waals surface area contributed by atoms with Crippen LogP contribution in [0.15, 0.2) is 24.3 Å². The quantitative estimate of drug-likeness (QED) is 0.716. The van der Waals surface area contributed by atoms with Gasteiger partial charge in [0.1, 0.15) is 0 Å². The molecular weight excluding hydrogens is 363 g/mol. The molecular formula is C17H28Cl2N4O2. The van der Waals surface area contributed by atoms with Gasteiger partial charge in [-0.2, -0.15) is 0 Å². The number of para-hydroxylation sites is 2. The summed E-state index contributed by atoms with van der Waals surface area (Å²) in [7, 11) is 0. The summed E-state index contributed by atoms with van der Waals surface area (Å²) in [4.78, 5) is 25.7. The van der Waals surface area contributed by atoms with Gasteiger partial charge in [-0.05, 0) is 31.9 Å². The molecule has 2 atom stereocenters. The van der Waals surface area contributed by atoms with E-state index in [1.807, 2.05) is 38.1 Å². The summed E-state index contributed by atoms with van der Waals surface area (Å²) in [5.74, 6) is -0.619. The van der Waals surface area contributed by atoms with E-state index in [1.54, 1.807) is 0 Å². The Balaban J connectivity index is 0.00000288. The van der Waals surface area contributed by atoms with Crippen LogP contribution < -0.4 is 21.7 Å². The van der Waals surface area contributed by atoms with Gasteiger partial charge in [0.05, 0.1) is 17.3 Å². The van der Waals surface area contributed by atoms with E-state index in [0.29, 0.717) is 0 Å². The van der Waals surface area contributed by atoms with Crippen molar-refractivity contribution >= 4 is 48.0 Å². The van der Waals surface area contributed by atoms with E-state index in [9.17, 15) is 9.59 Å². The average molecular weight is 391 g/mol. The average Bonchev–Trinajstić information content (AvgIpc) is 2.54. The standard InChI is InChI=1S/C17H26N4O2.2ClH/c1-11(12(2)18)17(23)20-14-5-3-4-6-15(14)21-9-7-13(8-10-21)16(19)22;;/h3-6,11-13H,7-10,18H2,1-2H3,(H2,19,22)(H,20,23);2*1H. The number of carbonyl (C=O) groups excluding carboxylic acids is 2. The fraction of sp³-hybridized carbons (Fsp3) is 0.529. The zero-order valence-electron chi connectivity index (χ0n) is 14.6. The van der Waals surface area contributed by atoms with Gasteiger partial charge in [0, 0.05) is 25.0 Å². The minimum atomic E-state index is -0.261. The van der Waals surface area contributed by atoms with E-state index in [2.05, 4.69) is 10.2 Å². The molecule has 2 amide bonds. The van der Waals surface area contributed by atoms with Crippen LogP contribution in [-0.2, 0) is 9.59 Å². The summed E-state index contributed by atoms with van der Waals surface area (Å²) in [6.45, 7) is 5.15. The van der Waals surface area contributed by atoms with Gasteiger partial charge >= 0.3 is 0 Å². The van der Waals surface area contributed by atoms with Crippen molar-refractivity contribution < 1.29 is 9.59 Å². The Morgan fingerprint density at radius 1 is 1.16 bits per heavy atom. The minimum absolute atomic E-state index is 0. The molecule has 1 aliphatic heterocycles.